The Morgan fingerprint density at radius 3 is 2.63 bits per heavy atom. The normalized spacial score (nSPS) is 12.7. The molecule has 0 saturated heterocycles. The van der Waals surface area contributed by atoms with Gasteiger partial charge in [-0.25, -0.2) is 22.5 Å². The largest absolute Gasteiger partial charge is 0.383 e. The predicted molar refractivity (Wildman–Crippen MR) is 140 cm³/mol. The Hall–Kier alpha value is -3.74. The highest BCUT2D eigenvalue weighted by Crippen LogP contribution is 2.24. The SMILES string of the molecule is COCCN(C)CCC(NC(=O)c1cncc2c1cnn2-c1ccc(F)cc1)c1ccnc(S(C)(=O)=O)c1. The number of halogens is 1. The van der Waals surface area contributed by atoms with Crippen molar-refractivity contribution in [3.63, 3.8) is 0 Å². The number of methoxy groups -OCH3 is 1. The van der Waals surface area contributed by atoms with Crippen LogP contribution in [-0.2, 0) is 14.6 Å². The molecule has 200 valence electrons. The maximum absolute atomic E-state index is 13.5. The van der Waals surface area contributed by atoms with E-state index in [9.17, 15) is 17.6 Å². The Labute approximate surface area is 220 Å². The van der Waals surface area contributed by atoms with E-state index in [4.69, 9.17) is 4.74 Å². The Kier molecular flexibility index (Phi) is 8.45. The Balaban J connectivity index is 1.64. The maximum atomic E-state index is 13.5. The van der Waals surface area contributed by atoms with Gasteiger partial charge in [0.2, 0.25) is 0 Å². The second-order valence-electron chi connectivity index (χ2n) is 8.96. The number of rotatable bonds is 11. The van der Waals surface area contributed by atoms with Gasteiger partial charge < -0.3 is 15.0 Å². The molecular weight excluding hydrogens is 511 g/mol. The van der Waals surface area contributed by atoms with Gasteiger partial charge >= 0.3 is 0 Å². The average Bonchev–Trinajstić information content (AvgIpc) is 3.34. The van der Waals surface area contributed by atoms with E-state index in [1.54, 1.807) is 42.4 Å². The second-order valence-corrected chi connectivity index (χ2v) is 10.9. The summed E-state index contributed by atoms with van der Waals surface area (Å²) in [6.45, 7) is 1.89. The Bertz CT molecular complexity index is 1520. The first-order chi connectivity index (χ1) is 18.2. The summed E-state index contributed by atoms with van der Waals surface area (Å²) in [5.41, 5.74) is 2.15. The monoisotopic (exact) mass is 540 g/mol. The standard InChI is InChI=1S/C26H29FN6O4S/c1-32(12-13-37-2)11-9-23(18-8-10-29-25(14-18)38(3,35)36)31-26(34)22-15-28-17-24-21(22)16-30-33(24)20-6-4-19(27)5-7-20/h4-8,10,14-17,23H,9,11-13H2,1-3H3,(H,31,34). The molecule has 1 atom stereocenters. The molecule has 1 aromatic carbocycles. The molecule has 0 spiro atoms. The summed E-state index contributed by atoms with van der Waals surface area (Å²) in [6.07, 6.45) is 7.65. The van der Waals surface area contributed by atoms with Crippen molar-refractivity contribution in [3.8, 4) is 5.69 Å². The third-order valence-electron chi connectivity index (χ3n) is 6.14. The summed E-state index contributed by atoms with van der Waals surface area (Å²) in [5, 5.41) is 7.94. The zero-order valence-electron chi connectivity index (χ0n) is 21.3. The highest BCUT2D eigenvalue weighted by Gasteiger charge is 2.22. The van der Waals surface area contributed by atoms with E-state index in [1.165, 1.54) is 30.6 Å². The molecule has 1 unspecified atom stereocenters. The van der Waals surface area contributed by atoms with Crippen molar-refractivity contribution in [2.24, 2.45) is 0 Å². The summed E-state index contributed by atoms with van der Waals surface area (Å²) in [6, 6.07) is 8.53. The van der Waals surface area contributed by atoms with Crippen molar-refractivity contribution in [1.82, 2.24) is 30.0 Å². The van der Waals surface area contributed by atoms with Crippen LogP contribution in [0, 0.1) is 5.82 Å². The van der Waals surface area contributed by atoms with E-state index >= 15 is 0 Å². The molecule has 0 bridgehead atoms. The lowest BCUT2D eigenvalue weighted by molar-refractivity contribution is 0.0931. The van der Waals surface area contributed by atoms with Crippen molar-refractivity contribution in [2.45, 2.75) is 17.5 Å². The smallest absolute Gasteiger partial charge is 0.254 e. The zero-order valence-corrected chi connectivity index (χ0v) is 22.2. The molecule has 3 heterocycles. The van der Waals surface area contributed by atoms with E-state index < -0.39 is 15.9 Å². The number of amides is 1. The van der Waals surface area contributed by atoms with Gasteiger partial charge in [0.05, 0.1) is 41.8 Å². The first-order valence-electron chi connectivity index (χ1n) is 11.9. The molecule has 1 amide bonds. The van der Waals surface area contributed by atoms with Crippen LogP contribution in [0.2, 0.25) is 0 Å². The Morgan fingerprint density at radius 2 is 1.92 bits per heavy atom. The summed E-state index contributed by atoms with van der Waals surface area (Å²) >= 11 is 0. The van der Waals surface area contributed by atoms with Crippen LogP contribution >= 0.6 is 0 Å². The minimum absolute atomic E-state index is 0.0636. The number of aromatic nitrogens is 4. The summed E-state index contributed by atoms with van der Waals surface area (Å²) in [4.78, 5) is 23.8. The predicted octanol–water partition coefficient (Wildman–Crippen LogP) is 2.80. The first-order valence-corrected chi connectivity index (χ1v) is 13.8. The fraction of sp³-hybridized carbons (Fsp3) is 0.308. The van der Waals surface area contributed by atoms with Gasteiger partial charge in [0, 0.05) is 44.2 Å². The highest BCUT2D eigenvalue weighted by atomic mass is 32.2. The van der Waals surface area contributed by atoms with Crippen molar-refractivity contribution >= 4 is 26.6 Å². The molecular formula is C26H29FN6O4S. The van der Waals surface area contributed by atoms with Gasteiger partial charge in [0.15, 0.2) is 14.9 Å². The van der Waals surface area contributed by atoms with Gasteiger partial charge in [-0.2, -0.15) is 5.10 Å². The second kappa shape index (κ2) is 11.8. The summed E-state index contributed by atoms with van der Waals surface area (Å²) in [7, 11) is 0.0445. The van der Waals surface area contributed by atoms with Crippen molar-refractivity contribution in [1.29, 1.82) is 0 Å². The third-order valence-corrected chi connectivity index (χ3v) is 7.12. The fourth-order valence-corrected chi connectivity index (χ4v) is 4.62. The molecule has 4 rings (SSSR count). The highest BCUT2D eigenvalue weighted by molar-refractivity contribution is 7.90. The molecule has 1 N–H and O–H groups in total. The molecule has 10 nitrogen and oxygen atoms in total. The van der Waals surface area contributed by atoms with Gasteiger partial charge in [-0.1, -0.05) is 0 Å². The van der Waals surface area contributed by atoms with E-state index in [1.807, 2.05) is 7.05 Å². The van der Waals surface area contributed by atoms with Crippen LogP contribution in [0.4, 0.5) is 4.39 Å². The van der Waals surface area contributed by atoms with Crippen LogP contribution in [0.3, 0.4) is 0 Å². The number of hydrogen-bond donors (Lipinski definition) is 1. The number of fused-ring (bicyclic) bond motifs is 1. The lowest BCUT2D eigenvalue weighted by Crippen LogP contribution is -2.33. The molecule has 0 aliphatic rings. The van der Waals surface area contributed by atoms with E-state index in [-0.39, 0.29) is 16.8 Å². The number of carbonyl (C=O) groups is 1. The minimum atomic E-state index is -3.53. The van der Waals surface area contributed by atoms with Crippen molar-refractivity contribution < 1.29 is 22.3 Å². The van der Waals surface area contributed by atoms with Crippen LogP contribution in [0.15, 0.2) is 66.2 Å². The van der Waals surface area contributed by atoms with Gasteiger partial charge in [-0.15, -0.1) is 0 Å². The van der Waals surface area contributed by atoms with Crippen LogP contribution in [-0.4, -0.2) is 79.1 Å². The lowest BCUT2D eigenvalue weighted by atomic mass is 10.0. The number of ether oxygens (including phenoxy) is 1. The van der Waals surface area contributed by atoms with Crippen molar-refractivity contribution in [3.05, 3.63) is 78.1 Å². The van der Waals surface area contributed by atoms with Crippen LogP contribution in [0.1, 0.15) is 28.4 Å². The van der Waals surface area contributed by atoms with Gasteiger partial charge in [0.25, 0.3) is 5.91 Å². The quantitative estimate of drug-likeness (QED) is 0.309. The molecule has 4 aromatic rings. The number of carbonyl (C=O) groups excluding carboxylic acids is 1. The van der Waals surface area contributed by atoms with E-state index in [0.717, 1.165) is 6.26 Å². The average molecular weight is 541 g/mol. The third kappa shape index (κ3) is 6.39. The zero-order chi connectivity index (χ0) is 27.3. The first kappa shape index (κ1) is 27.3. The molecule has 0 aliphatic heterocycles. The lowest BCUT2D eigenvalue weighted by Gasteiger charge is -2.23. The van der Waals surface area contributed by atoms with Gasteiger partial charge in [-0.3, -0.25) is 9.78 Å². The van der Waals surface area contributed by atoms with Crippen molar-refractivity contribution in [2.75, 3.05) is 40.1 Å². The van der Waals surface area contributed by atoms with Gasteiger partial charge in [-0.05, 0) is 55.4 Å². The fourth-order valence-electron chi connectivity index (χ4n) is 4.02. The van der Waals surface area contributed by atoms with Gasteiger partial charge in [0.1, 0.15) is 5.82 Å². The molecule has 38 heavy (non-hydrogen) atoms. The van der Waals surface area contributed by atoms with E-state index in [2.05, 4.69) is 25.3 Å². The molecule has 0 radical (unpaired) electrons. The Morgan fingerprint density at radius 1 is 1.16 bits per heavy atom. The molecule has 0 saturated carbocycles. The maximum Gasteiger partial charge on any atom is 0.254 e. The van der Waals surface area contributed by atoms with Crippen LogP contribution < -0.4 is 5.32 Å². The van der Waals surface area contributed by atoms with Crippen LogP contribution in [0.25, 0.3) is 16.6 Å². The number of sulfone groups is 1. The van der Waals surface area contributed by atoms with Crippen LogP contribution in [0.5, 0.6) is 0 Å². The molecule has 3 aromatic heterocycles. The minimum Gasteiger partial charge on any atom is -0.383 e. The number of nitrogens with zero attached hydrogens (tertiary/aromatic N) is 5. The number of pyridine rings is 2. The summed E-state index contributed by atoms with van der Waals surface area (Å²) in [5.74, 6) is -0.749. The molecule has 0 fully saturated rings. The topological polar surface area (TPSA) is 119 Å². The number of benzene rings is 1. The van der Waals surface area contributed by atoms with E-state index in [0.29, 0.717) is 53.8 Å². The molecule has 0 aliphatic carbocycles. The number of hydrogen-bond acceptors (Lipinski definition) is 8. The summed E-state index contributed by atoms with van der Waals surface area (Å²) < 4.78 is 44.3. The number of likely N-dealkylation sites (N-methyl/N-ethyl adjacent to an activating group) is 1. The molecule has 12 heteroatoms. The number of nitrogens with one attached hydrogen (secondary N) is 1.